The number of unbranched alkanes of at least 4 members (excludes halogenated alkanes) is 3. The van der Waals surface area contributed by atoms with Crippen LogP contribution in [0.4, 0.5) is 0 Å². The van der Waals surface area contributed by atoms with Crippen molar-refractivity contribution in [2.45, 2.75) is 189 Å². The van der Waals surface area contributed by atoms with Gasteiger partial charge in [0, 0.05) is 25.7 Å². The largest absolute Gasteiger partial charge is 0.481 e. The molecule has 10 amide bonds. The van der Waals surface area contributed by atoms with Gasteiger partial charge in [-0.15, -0.1) is 0 Å². The normalized spacial score (nSPS) is 17.4. The fourth-order valence-corrected chi connectivity index (χ4v) is 8.38. The summed E-state index contributed by atoms with van der Waals surface area (Å²) in [4.78, 5) is 203. The lowest BCUT2D eigenvalue weighted by molar-refractivity contribution is -0.147. The first-order chi connectivity index (χ1) is 38.6. The molecule has 2 heterocycles. The van der Waals surface area contributed by atoms with Crippen molar-refractivity contribution in [1.29, 1.82) is 0 Å². The molecule has 0 radical (unpaired) electrons. The monoisotopic (exact) mass is 1170 g/mol. The Balaban J connectivity index is 2.53. The quantitative estimate of drug-likeness (QED) is 0.0254. The molecule has 0 aliphatic carbocycles. The van der Waals surface area contributed by atoms with Gasteiger partial charge in [0.2, 0.25) is 59.1 Å². The molecule has 2 rings (SSSR count). The van der Waals surface area contributed by atoms with Gasteiger partial charge in [-0.25, -0.2) is 9.59 Å². The molecule has 0 aromatic heterocycles. The molecule has 458 valence electrons. The molecule has 2 fully saturated rings. The minimum atomic E-state index is -2.07. The van der Waals surface area contributed by atoms with Crippen molar-refractivity contribution in [3.63, 3.8) is 0 Å². The second-order valence-corrected chi connectivity index (χ2v) is 19.4. The molecule has 0 aromatic rings. The Hall–Kier alpha value is -8.56. The van der Waals surface area contributed by atoms with Crippen LogP contribution in [0.25, 0.3) is 0 Å². The number of amides is 10. The summed E-state index contributed by atoms with van der Waals surface area (Å²) >= 11 is 0. The minimum absolute atomic E-state index is 0.00658. The molecule has 0 spiro atoms. The molecule has 10 atom stereocenters. The summed E-state index contributed by atoms with van der Waals surface area (Å²) in [6.07, 6.45) is -5.50. The lowest BCUT2D eigenvalue weighted by Gasteiger charge is -2.27. The Morgan fingerprint density at radius 2 is 0.634 bits per heavy atom. The predicted octanol–water partition coefficient (Wildman–Crippen LogP) is -5.91. The molecule has 0 bridgehead atoms. The Morgan fingerprint density at radius 1 is 0.378 bits per heavy atom. The molecule has 0 unspecified atom stereocenters. The van der Waals surface area contributed by atoms with Gasteiger partial charge < -0.3 is 95.3 Å². The SMILES string of the molecule is NCCCC[C@H](NC(=O)[C@H](CCC(=O)O)NC(=O)[C@@H]1CCC(=O)N1)C(=O)N[C@@H](CCCC[C@H](NC(=O)[C@H](CCCCN)NC(=O)[C@H](CCC(=O)O)NC(=O)[C@@H]1CCC(=O)N1)C(=O)N[C@@H](CC(=O)O)C(=O)O)C(=O)N[C@@H](CC(=O)O)C(=O)O. The van der Waals surface area contributed by atoms with Crippen LogP contribution in [0.1, 0.15) is 128 Å². The zero-order chi connectivity index (χ0) is 61.6. The van der Waals surface area contributed by atoms with E-state index in [0.29, 0.717) is 0 Å². The average Bonchev–Trinajstić information content (AvgIpc) is 4.10. The molecule has 34 heteroatoms. The highest BCUT2D eigenvalue weighted by molar-refractivity contribution is 5.99. The second-order valence-electron chi connectivity index (χ2n) is 19.4. The van der Waals surface area contributed by atoms with Crippen LogP contribution in [0.15, 0.2) is 0 Å². The van der Waals surface area contributed by atoms with Gasteiger partial charge in [-0.2, -0.15) is 0 Å². The van der Waals surface area contributed by atoms with Gasteiger partial charge in [0.25, 0.3) is 0 Å². The maximum atomic E-state index is 14.1. The number of rotatable bonds is 41. The van der Waals surface area contributed by atoms with Crippen molar-refractivity contribution < 1.29 is 107 Å². The van der Waals surface area contributed by atoms with E-state index in [1.54, 1.807) is 0 Å². The van der Waals surface area contributed by atoms with Gasteiger partial charge in [0.15, 0.2) is 0 Å². The van der Waals surface area contributed by atoms with Gasteiger partial charge in [0.05, 0.1) is 12.8 Å². The minimum Gasteiger partial charge on any atom is -0.481 e. The van der Waals surface area contributed by atoms with Crippen LogP contribution in [0.3, 0.4) is 0 Å². The highest BCUT2D eigenvalue weighted by atomic mass is 16.4. The van der Waals surface area contributed by atoms with E-state index in [9.17, 15) is 107 Å². The molecular formula is C48H74N12O22. The molecule has 2 saturated heterocycles. The summed E-state index contributed by atoms with van der Waals surface area (Å²) in [7, 11) is 0. The van der Waals surface area contributed by atoms with E-state index >= 15 is 0 Å². The number of carboxylic acids is 6. The predicted molar refractivity (Wildman–Crippen MR) is 276 cm³/mol. The van der Waals surface area contributed by atoms with E-state index in [4.69, 9.17) is 11.5 Å². The molecule has 2 aliphatic heterocycles. The highest BCUT2D eigenvalue weighted by Gasteiger charge is 2.37. The van der Waals surface area contributed by atoms with Gasteiger partial charge in [-0.05, 0) is 90.1 Å². The number of nitrogens with one attached hydrogen (secondary N) is 10. The van der Waals surface area contributed by atoms with Gasteiger partial charge >= 0.3 is 35.8 Å². The van der Waals surface area contributed by atoms with Crippen LogP contribution >= 0.6 is 0 Å². The number of carboxylic acid groups (broad SMARTS) is 6. The molecule has 34 nitrogen and oxygen atoms in total. The second kappa shape index (κ2) is 35.9. The van der Waals surface area contributed by atoms with Crippen LogP contribution in [0.2, 0.25) is 0 Å². The molecule has 82 heavy (non-hydrogen) atoms. The third-order valence-electron chi connectivity index (χ3n) is 12.8. The first kappa shape index (κ1) is 69.5. The first-order valence-electron chi connectivity index (χ1n) is 26.4. The number of nitrogens with two attached hydrogens (primary N) is 2. The average molecular weight is 1170 g/mol. The van der Waals surface area contributed by atoms with Crippen LogP contribution < -0.4 is 64.6 Å². The third kappa shape index (κ3) is 26.1. The Kier molecular flexibility index (Phi) is 30.5. The van der Waals surface area contributed by atoms with Crippen molar-refractivity contribution in [2.75, 3.05) is 13.1 Å². The summed E-state index contributed by atoms with van der Waals surface area (Å²) in [6.45, 7) is 0.213. The Morgan fingerprint density at radius 3 is 0.854 bits per heavy atom. The Labute approximate surface area is 467 Å². The van der Waals surface area contributed by atoms with Crippen molar-refractivity contribution >= 4 is 94.9 Å². The van der Waals surface area contributed by atoms with Gasteiger partial charge in [-0.1, -0.05) is 12.8 Å². The lowest BCUT2D eigenvalue weighted by atomic mass is 10.0. The van der Waals surface area contributed by atoms with E-state index in [1.807, 2.05) is 10.6 Å². The maximum Gasteiger partial charge on any atom is 0.326 e. The number of carbonyl (C=O) groups excluding carboxylic acids is 10. The topological polar surface area (TPSA) is 567 Å². The van der Waals surface area contributed by atoms with E-state index < -0.39 is 207 Å². The highest BCUT2D eigenvalue weighted by Crippen LogP contribution is 2.15. The smallest absolute Gasteiger partial charge is 0.326 e. The summed E-state index contributed by atoms with van der Waals surface area (Å²) in [5.74, 6) is -19.1. The van der Waals surface area contributed by atoms with E-state index in [1.165, 1.54) is 0 Å². The van der Waals surface area contributed by atoms with Gasteiger partial charge in [0.1, 0.15) is 60.4 Å². The summed E-state index contributed by atoms with van der Waals surface area (Å²) in [5, 5.41) is 80.1. The summed E-state index contributed by atoms with van der Waals surface area (Å²) < 4.78 is 0. The number of hydrogen-bond donors (Lipinski definition) is 18. The van der Waals surface area contributed by atoms with Crippen LogP contribution in [0, 0.1) is 0 Å². The fraction of sp³-hybridized carbons (Fsp3) is 0.667. The zero-order valence-electron chi connectivity index (χ0n) is 44.7. The van der Waals surface area contributed by atoms with Crippen molar-refractivity contribution in [3.8, 4) is 0 Å². The van der Waals surface area contributed by atoms with Crippen LogP contribution in [0.5, 0.6) is 0 Å². The van der Waals surface area contributed by atoms with Crippen molar-refractivity contribution in [2.24, 2.45) is 11.5 Å². The van der Waals surface area contributed by atoms with E-state index in [0.717, 1.165) is 0 Å². The van der Waals surface area contributed by atoms with Crippen molar-refractivity contribution in [1.82, 2.24) is 53.2 Å². The first-order valence-corrected chi connectivity index (χ1v) is 26.4. The van der Waals surface area contributed by atoms with Crippen LogP contribution in [-0.4, -0.2) is 199 Å². The molecular weight excluding hydrogens is 1100 g/mol. The van der Waals surface area contributed by atoms with Gasteiger partial charge in [-0.3, -0.25) is 67.1 Å². The van der Waals surface area contributed by atoms with Crippen molar-refractivity contribution in [3.05, 3.63) is 0 Å². The molecule has 20 N–H and O–H groups in total. The number of aliphatic carboxylic acids is 6. The number of hydrogen-bond acceptors (Lipinski definition) is 18. The third-order valence-corrected chi connectivity index (χ3v) is 12.8. The molecule has 2 aliphatic rings. The standard InChI is InChI=1S/C48H74N12O22/c49-19-5-3-9-25(55-45(77)29(13-17-35(63)64)57-43(75)27-11-15-33(61)51-27)39(71)53-23(41(73)59-31(47(79)80)21-37(67)68)7-1-2-8-24(42(74)60-32(48(81)82)22-38(69)70)54-40(72)26(10-4-6-20-50)56-46(78)30(14-18-36(65)66)58-44(76)28-12-16-34(62)52-28/h23-32H,1-22,49-50H2,(H,51,61)(H,52,62)(H,53,71)(H,54,72)(H,55,77)(H,56,78)(H,57,75)(H,58,76)(H,59,73)(H,60,74)(H,63,64)(H,65,66)(H,67,68)(H,69,70)(H,79,80)(H,81,82)/t23-,24-,25-,26-,27-,28-,29-,30-,31-,32-/m0/s1. The summed E-state index contributed by atoms with van der Waals surface area (Å²) in [5.41, 5.74) is 11.3. The van der Waals surface area contributed by atoms with E-state index in [-0.39, 0.29) is 90.1 Å². The van der Waals surface area contributed by atoms with Crippen LogP contribution in [-0.2, 0) is 76.7 Å². The Bertz CT molecular complexity index is 2200. The van der Waals surface area contributed by atoms with E-state index in [2.05, 4.69) is 42.5 Å². The summed E-state index contributed by atoms with van der Waals surface area (Å²) in [6, 6.07) is -16.2. The fourth-order valence-electron chi connectivity index (χ4n) is 8.38. The maximum absolute atomic E-state index is 14.1. The molecule has 0 saturated carbocycles. The zero-order valence-corrected chi connectivity index (χ0v) is 44.7. The molecule has 0 aromatic carbocycles. The lowest BCUT2D eigenvalue weighted by Crippen LogP contribution is -2.58. The number of carbonyl (C=O) groups is 16.